The Morgan fingerprint density at radius 1 is 1.25 bits per heavy atom. The summed E-state index contributed by atoms with van der Waals surface area (Å²) in [5, 5.41) is 14.6. The van der Waals surface area contributed by atoms with Gasteiger partial charge >= 0.3 is 0 Å². The fourth-order valence-corrected chi connectivity index (χ4v) is 2.69. The molecule has 6 nitrogen and oxygen atoms in total. The molecule has 24 heavy (non-hydrogen) atoms. The number of anilines is 3. The first-order chi connectivity index (χ1) is 11.5. The molecule has 2 N–H and O–H groups in total. The summed E-state index contributed by atoms with van der Waals surface area (Å²) in [6.07, 6.45) is 0. The first-order valence-corrected chi connectivity index (χ1v) is 7.50. The third kappa shape index (κ3) is 3.36. The second-order valence-electron chi connectivity index (χ2n) is 5.62. The lowest BCUT2D eigenvalue weighted by Gasteiger charge is -2.22. The molecule has 3 rings (SSSR count). The van der Waals surface area contributed by atoms with Crippen LogP contribution >= 0.6 is 0 Å². The van der Waals surface area contributed by atoms with Crippen molar-refractivity contribution in [2.24, 2.45) is 0 Å². The van der Waals surface area contributed by atoms with Crippen LogP contribution in [0.15, 0.2) is 42.5 Å². The van der Waals surface area contributed by atoms with E-state index in [1.54, 1.807) is 24.3 Å². The summed E-state index contributed by atoms with van der Waals surface area (Å²) in [6, 6.07) is 14.7. The van der Waals surface area contributed by atoms with Gasteiger partial charge in [-0.15, -0.1) is 0 Å². The second-order valence-corrected chi connectivity index (χ2v) is 5.62. The number of rotatable bonds is 2. The number of hydrogen-bond donors (Lipinski definition) is 2. The van der Waals surface area contributed by atoms with Crippen molar-refractivity contribution < 1.29 is 9.59 Å². The number of benzene rings is 2. The Morgan fingerprint density at radius 2 is 2.08 bits per heavy atom. The van der Waals surface area contributed by atoms with E-state index in [4.69, 9.17) is 5.26 Å². The largest absolute Gasteiger partial charge is 0.358 e. The Morgan fingerprint density at radius 3 is 2.83 bits per heavy atom. The van der Waals surface area contributed by atoms with Gasteiger partial charge in [0.2, 0.25) is 11.8 Å². The molecule has 0 radical (unpaired) electrons. The third-order valence-corrected chi connectivity index (χ3v) is 3.74. The minimum Gasteiger partial charge on any atom is -0.358 e. The summed E-state index contributed by atoms with van der Waals surface area (Å²) in [7, 11) is 0. The number of fused-ring (bicyclic) bond motifs is 1. The molecule has 0 aliphatic carbocycles. The molecule has 0 aromatic heterocycles. The van der Waals surface area contributed by atoms with Gasteiger partial charge in [0, 0.05) is 30.5 Å². The van der Waals surface area contributed by atoms with Crippen LogP contribution < -0.4 is 15.5 Å². The molecule has 0 fully saturated rings. The van der Waals surface area contributed by atoms with E-state index < -0.39 is 0 Å². The fourth-order valence-electron chi connectivity index (χ4n) is 2.69. The smallest absolute Gasteiger partial charge is 0.243 e. The zero-order valence-electron chi connectivity index (χ0n) is 13.2. The molecule has 6 heteroatoms. The van der Waals surface area contributed by atoms with Gasteiger partial charge in [-0.2, -0.15) is 5.26 Å². The normalized spacial score (nSPS) is 13.3. The van der Waals surface area contributed by atoms with Crippen LogP contribution in [-0.2, 0) is 16.1 Å². The first kappa shape index (κ1) is 15.6. The van der Waals surface area contributed by atoms with E-state index in [1.165, 1.54) is 6.92 Å². The third-order valence-electron chi connectivity index (χ3n) is 3.74. The maximum absolute atomic E-state index is 12.2. The predicted octanol–water partition coefficient (Wildman–Crippen LogP) is 2.48. The van der Waals surface area contributed by atoms with Crippen LogP contribution in [0.3, 0.4) is 0 Å². The van der Waals surface area contributed by atoms with Crippen molar-refractivity contribution in [3.63, 3.8) is 0 Å². The molecule has 0 unspecified atom stereocenters. The molecule has 2 amide bonds. The number of nitrogens with one attached hydrogen (secondary N) is 2. The molecule has 0 atom stereocenters. The zero-order valence-corrected chi connectivity index (χ0v) is 13.2. The summed E-state index contributed by atoms with van der Waals surface area (Å²) in [5.74, 6) is -0.305. The summed E-state index contributed by atoms with van der Waals surface area (Å²) in [6.45, 7) is 2.16. The Hall–Kier alpha value is -3.33. The number of hydrogen-bond acceptors (Lipinski definition) is 4. The van der Waals surface area contributed by atoms with Gasteiger partial charge in [0.25, 0.3) is 0 Å². The maximum atomic E-state index is 12.2. The summed E-state index contributed by atoms with van der Waals surface area (Å²) < 4.78 is 0. The van der Waals surface area contributed by atoms with Crippen molar-refractivity contribution in [3.05, 3.63) is 53.6 Å². The van der Waals surface area contributed by atoms with Crippen LogP contribution in [-0.4, -0.2) is 18.4 Å². The number of carbonyl (C=O) groups is 2. The fraction of sp³-hybridized carbons (Fsp3) is 0.167. The monoisotopic (exact) mass is 320 g/mol. The molecular formula is C18H16N4O2. The highest BCUT2D eigenvalue weighted by molar-refractivity contribution is 5.97. The van der Waals surface area contributed by atoms with E-state index in [1.807, 2.05) is 23.1 Å². The van der Waals surface area contributed by atoms with Gasteiger partial charge in [-0.3, -0.25) is 9.59 Å². The molecule has 1 heterocycles. The number of amides is 2. The van der Waals surface area contributed by atoms with Crippen LogP contribution in [0.5, 0.6) is 0 Å². The van der Waals surface area contributed by atoms with E-state index in [2.05, 4.69) is 16.7 Å². The topological polar surface area (TPSA) is 85.2 Å². The Kier molecular flexibility index (Phi) is 4.17. The standard InChI is InChI=1S/C18H16N4O2/c1-12(23)20-15-6-5-14-10-22(11-18(24)21-17(14)8-15)16-4-2-3-13(7-16)9-19/h2-8H,10-11H2,1H3,(H,20,23)(H,21,24). The molecule has 0 saturated heterocycles. The molecule has 0 spiro atoms. The molecule has 1 aliphatic rings. The zero-order chi connectivity index (χ0) is 17.1. The molecule has 120 valence electrons. The molecule has 1 aliphatic heterocycles. The summed E-state index contributed by atoms with van der Waals surface area (Å²) in [5.41, 5.74) is 3.64. The van der Waals surface area contributed by atoms with Crippen molar-refractivity contribution in [2.45, 2.75) is 13.5 Å². The molecular weight excluding hydrogens is 304 g/mol. The summed E-state index contributed by atoms with van der Waals surface area (Å²) >= 11 is 0. The number of nitrogens with zero attached hydrogens (tertiary/aromatic N) is 2. The Labute approximate surface area is 139 Å². The van der Waals surface area contributed by atoms with Gasteiger partial charge in [-0.25, -0.2) is 0 Å². The quantitative estimate of drug-likeness (QED) is 0.890. The average Bonchev–Trinajstić information content (AvgIpc) is 2.72. The molecule has 2 aromatic carbocycles. The average molecular weight is 320 g/mol. The lowest BCUT2D eigenvalue weighted by atomic mass is 10.1. The van der Waals surface area contributed by atoms with E-state index in [0.29, 0.717) is 23.5 Å². The lowest BCUT2D eigenvalue weighted by molar-refractivity contribution is -0.115. The minimum absolute atomic E-state index is 0.143. The van der Waals surface area contributed by atoms with Crippen molar-refractivity contribution in [1.82, 2.24) is 0 Å². The first-order valence-electron chi connectivity index (χ1n) is 7.50. The maximum Gasteiger partial charge on any atom is 0.243 e. The van der Waals surface area contributed by atoms with Crippen molar-refractivity contribution in [2.75, 3.05) is 22.1 Å². The van der Waals surface area contributed by atoms with Gasteiger partial charge < -0.3 is 15.5 Å². The highest BCUT2D eigenvalue weighted by Gasteiger charge is 2.20. The van der Waals surface area contributed by atoms with Gasteiger partial charge in [0.05, 0.1) is 18.2 Å². The Balaban J connectivity index is 1.93. The van der Waals surface area contributed by atoms with Crippen molar-refractivity contribution in [3.8, 4) is 6.07 Å². The van der Waals surface area contributed by atoms with Gasteiger partial charge in [-0.05, 0) is 35.9 Å². The van der Waals surface area contributed by atoms with Crippen LogP contribution in [0.25, 0.3) is 0 Å². The van der Waals surface area contributed by atoms with Crippen LogP contribution in [0.2, 0.25) is 0 Å². The van der Waals surface area contributed by atoms with Gasteiger partial charge in [-0.1, -0.05) is 12.1 Å². The van der Waals surface area contributed by atoms with E-state index in [0.717, 1.165) is 11.3 Å². The highest BCUT2D eigenvalue weighted by atomic mass is 16.2. The van der Waals surface area contributed by atoms with Gasteiger partial charge in [0.15, 0.2) is 0 Å². The molecule has 0 bridgehead atoms. The van der Waals surface area contributed by atoms with E-state index in [9.17, 15) is 9.59 Å². The van der Waals surface area contributed by atoms with Crippen molar-refractivity contribution >= 4 is 28.9 Å². The minimum atomic E-state index is -0.162. The molecule has 0 saturated carbocycles. The van der Waals surface area contributed by atoms with Crippen LogP contribution in [0.1, 0.15) is 18.1 Å². The Bertz CT molecular complexity index is 854. The summed E-state index contributed by atoms with van der Waals surface area (Å²) in [4.78, 5) is 25.3. The highest BCUT2D eigenvalue weighted by Crippen LogP contribution is 2.27. The van der Waals surface area contributed by atoms with Gasteiger partial charge in [0.1, 0.15) is 0 Å². The van der Waals surface area contributed by atoms with Crippen molar-refractivity contribution in [1.29, 1.82) is 5.26 Å². The van der Waals surface area contributed by atoms with E-state index in [-0.39, 0.29) is 18.4 Å². The molecule has 2 aromatic rings. The van der Waals surface area contributed by atoms with Crippen LogP contribution in [0, 0.1) is 11.3 Å². The number of nitriles is 1. The second kappa shape index (κ2) is 6.42. The predicted molar refractivity (Wildman–Crippen MR) is 91.6 cm³/mol. The SMILES string of the molecule is CC(=O)Nc1ccc2c(c1)NC(=O)CN(c1cccc(C#N)c1)C2. The van der Waals surface area contributed by atoms with E-state index >= 15 is 0 Å². The number of carbonyl (C=O) groups excluding carboxylic acids is 2. The lowest BCUT2D eigenvalue weighted by Crippen LogP contribution is -2.29. The van der Waals surface area contributed by atoms with Crippen LogP contribution in [0.4, 0.5) is 17.1 Å².